The van der Waals surface area contributed by atoms with Gasteiger partial charge in [0, 0.05) is 56.5 Å². The molecule has 31 heavy (non-hydrogen) atoms. The summed E-state index contributed by atoms with van der Waals surface area (Å²) < 4.78 is 10.5. The summed E-state index contributed by atoms with van der Waals surface area (Å²) >= 11 is 6.69. The molecule has 1 aromatic rings. The number of hydrogen-bond donors (Lipinski definition) is 1. The number of carbonyl (C=O) groups excluding carboxylic acids is 1. The molecule has 4 rings (SSSR count). The van der Waals surface area contributed by atoms with Crippen LogP contribution >= 0.6 is 11.6 Å². The Hall–Kier alpha value is -2.61. The summed E-state index contributed by atoms with van der Waals surface area (Å²) in [5.41, 5.74) is 4.73. The number of H-pyrrole nitrogens is 1. The Morgan fingerprint density at radius 2 is 2.06 bits per heavy atom. The van der Waals surface area contributed by atoms with E-state index in [1.807, 2.05) is 36.7 Å². The summed E-state index contributed by atoms with van der Waals surface area (Å²) in [5, 5.41) is 0.722. The number of urea groups is 1. The molecule has 0 unspecified atom stereocenters. The van der Waals surface area contributed by atoms with Crippen LogP contribution in [0, 0.1) is 0 Å². The van der Waals surface area contributed by atoms with Gasteiger partial charge in [0.25, 0.3) is 0 Å². The van der Waals surface area contributed by atoms with Gasteiger partial charge in [0.05, 0.1) is 11.6 Å². The van der Waals surface area contributed by atoms with Crippen molar-refractivity contribution in [2.24, 2.45) is 0 Å². The molecule has 0 radical (unpaired) electrons. The minimum atomic E-state index is -0.442. The summed E-state index contributed by atoms with van der Waals surface area (Å²) in [6.07, 6.45) is 5.00. The molecule has 0 aliphatic carbocycles. The summed E-state index contributed by atoms with van der Waals surface area (Å²) in [7, 11) is 3.16. The molecular formula is C23H27ClN4O3. The van der Waals surface area contributed by atoms with Crippen LogP contribution in [0.25, 0.3) is 22.5 Å². The molecule has 0 spiro atoms. The van der Waals surface area contributed by atoms with E-state index < -0.39 is 6.29 Å². The van der Waals surface area contributed by atoms with E-state index in [9.17, 15) is 4.79 Å². The van der Waals surface area contributed by atoms with Crippen LogP contribution < -0.4 is 4.90 Å². The minimum absolute atomic E-state index is 0.0485. The lowest BCUT2D eigenvalue weighted by atomic mass is 10.0. The molecular weight excluding hydrogens is 416 g/mol. The van der Waals surface area contributed by atoms with E-state index in [0.717, 1.165) is 51.6 Å². The summed E-state index contributed by atoms with van der Waals surface area (Å²) in [6.45, 7) is 3.81. The van der Waals surface area contributed by atoms with Gasteiger partial charge >= 0.3 is 6.03 Å². The fraction of sp³-hybridized carbons (Fsp3) is 0.391. The van der Waals surface area contributed by atoms with Gasteiger partial charge in [0.15, 0.2) is 6.29 Å². The second-order valence-electron chi connectivity index (χ2n) is 7.56. The number of fused-ring (bicyclic) bond motifs is 1. The zero-order valence-corrected chi connectivity index (χ0v) is 18.8. The van der Waals surface area contributed by atoms with E-state index in [0.29, 0.717) is 19.6 Å². The van der Waals surface area contributed by atoms with Crippen molar-refractivity contribution in [2.45, 2.75) is 26.1 Å². The van der Waals surface area contributed by atoms with Crippen LogP contribution in [0.15, 0.2) is 36.7 Å². The van der Waals surface area contributed by atoms with E-state index in [4.69, 9.17) is 21.1 Å². The highest BCUT2D eigenvalue weighted by Crippen LogP contribution is 2.40. The fourth-order valence-corrected chi connectivity index (χ4v) is 4.41. The summed E-state index contributed by atoms with van der Waals surface area (Å²) in [6, 6.07) is 7.92. The first kappa shape index (κ1) is 21.6. The standard InChI is InChI=1S/C23H27ClN4O3/c1-4-15-12-25-22-20(21(15)24)18(13-26-22)16-7-5-8-17(11-16)28-10-6-9-27(23(28)29)14-19(30-2)31-3/h5,7-8,11-13,19H,4,6,9-10,14H2,1-3H3,(H,25,26). The highest BCUT2D eigenvalue weighted by molar-refractivity contribution is 6.34. The number of pyridine rings is 1. The van der Waals surface area contributed by atoms with Crippen LogP contribution in [0.1, 0.15) is 18.9 Å². The van der Waals surface area contributed by atoms with Crippen molar-refractivity contribution < 1.29 is 14.3 Å². The Morgan fingerprint density at radius 1 is 1.26 bits per heavy atom. The predicted molar refractivity (Wildman–Crippen MR) is 122 cm³/mol. The molecule has 7 nitrogen and oxygen atoms in total. The second-order valence-corrected chi connectivity index (χ2v) is 7.94. The van der Waals surface area contributed by atoms with Gasteiger partial charge in [0.2, 0.25) is 0 Å². The molecule has 3 aliphatic heterocycles. The van der Waals surface area contributed by atoms with Crippen molar-refractivity contribution in [3.63, 3.8) is 0 Å². The Balaban J connectivity index is 1.65. The normalized spacial score (nSPS) is 14.8. The van der Waals surface area contributed by atoms with E-state index in [1.54, 1.807) is 24.0 Å². The average Bonchev–Trinajstić information content (AvgIpc) is 3.24. The highest BCUT2D eigenvalue weighted by Gasteiger charge is 2.29. The smallest absolute Gasteiger partial charge is 0.324 e. The highest BCUT2D eigenvalue weighted by atomic mass is 35.5. The van der Waals surface area contributed by atoms with Crippen LogP contribution in [0.3, 0.4) is 0 Å². The number of benzene rings is 1. The maximum atomic E-state index is 13.1. The molecule has 1 N–H and O–H groups in total. The van der Waals surface area contributed by atoms with Gasteiger partial charge in [-0.1, -0.05) is 30.7 Å². The Kier molecular flexibility index (Phi) is 6.46. The van der Waals surface area contributed by atoms with Gasteiger partial charge in [-0.25, -0.2) is 9.78 Å². The lowest BCUT2D eigenvalue weighted by molar-refractivity contribution is -0.111. The maximum Gasteiger partial charge on any atom is 0.324 e. The number of nitrogens with zero attached hydrogens (tertiary/aromatic N) is 3. The number of aryl methyl sites for hydroxylation is 1. The van der Waals surface area contributed by atoms with Crippen molar-refractivity contribution in [3.8, 4) is 22.5 Å². The number of methoxy groups -OCH3 is 2. The van der Waals surface area contributed by atoms with Crippen molar-refractivity contribution >= 4 is 23.3 Å². The van der Waals surface area contributed by atoms with Gasteiger partial charge in [-0.3, -0.25) is 4.90 Å². The van der Waals surface area contributed by atoms with E-state index in [1.165, 1.54) is 0 Å². The summed E-state index contributed by atoms with van der Waals surface area (Å²) in [4.78, 5) is 24.4. The van der Waals surface area contributed by atoms with E-state index in [2.05, 4.69) is 16.9 Å². The number of hydrogen-bond acceptors (Lipinski definition) is 4. The van der Waals surface area contributed by atoms with Gasteiger partial charge in [-0.05, 0) is 36.1 Å². The third-order valence-electron chi connectivity index (χ3n) is 5.77. The van der Waals surface area contributed by atoms with Crippen LogP contribution in [0.2, 0.25) is 5.02 Å². The van der Waals surface area contributed by atoms with Crippen molar-refractivity contribution in [2.75, 3.05) is 38.8 Å². The number of carbonyl (C=O) groups is 1. The van der Waals surface area contributed by atoms with Crippen LogP contribution in [0.5, 0.6) is 0 Å². The van der Waals surface area contributed by atoms with E-state index in [-0.39, 0.29) is 6.03 Å². The lowest BCUT2D eigenvalue weighted by Gasteiger charge is -2.36. The first-order valence-corrected chi connectivity index (χ1v) is 10.8. The third kappa shape index (κ3) is 4.13. The zero-order chi connectivity index (χ0) is 22.0. The fourth-order valence-electron chi connectivity index (χ4n) is 4.03. The van der Waals surface area contributed by atoms with Gasteiger partial charge in [-0.15, -0.1) is 0 Å². The number of rotatable bonds is 7. The van der Waals surface area contributed by atoms with Crippen molar-refractivity contribution in [1.82, 2.24) is 14.9 Å². The molecule has 3 heterocycles. The topological polar surface area (TPSA) is 70.7 Å². The number of nitrogens with one attached hydrogen (secondary N) is 1. The molecule has 1 aromatic carbocycles. The molecule has 1 saturated heterocycles. The summed E-state index contributed by atoms with van der Waals surface area (Å²) in [5.74, 6) is 0.757. The average molecular weight is 443 g/mol. The maximum absolute atomic E-state index is 13.1. The monoisotopic (exact) mass is 442 g/mol. The number of aromatic nitrogens is 2. The van der Waals surface area contributed by atoms with Crippen LogP contribution in [0.4, 0.5) is 10.5 Å². The molecule has 164 valence electrons. The number of anilines is 1. The molecule has 1 fully saturated rings. The molecule has 8 heteroatoms. The number of ether oxygens (including phenoxy) is 2. The van der Waals surface area contributed by atoms with Gasteiger partial charge in [-0.2, -0.15) is 0 Å². The van der Waals surface area contributed by atoms with Gasteiger partial charge in [0.1, 0.15) is 5.82 Å². The number of amides is 2. The number of halogens is 1. The lowest BCUT2D eigenvalue weighted by Crippen LogP contribution is -2.52. The first-order chi connectivity index (χ1) is 15.1. The Labute approximate surface area is 187 Å². The molecule has 2 amide bonds. The molecule has 0 aromatic heterocycles. The quantitative estimate of drug-likeness (QED) is 0.541. The Morgan fingerprint density at radius 3 is 2.81 bits per heavy atom. The molecule has 3 aliphatic rings. The van der Waals surface area contributed by atoms with Crippen LogP contribution in [-0.4, -0.2) is 61.0 Å². The molecule has 0 atom stereocenters. The Bertz CT molecular complexity index is 1030. The molecule has 0 saturated carbocycles. The molecule has 0 bridgehead atoms. The van der Waals surface area contributed by atoms with Crippen LogP contribution in [-0.2, 0) is 15.9 Å². The second kappa shape index (κ2) is 9.26. The number of aromatic amines is 1. The zero-order valence-electron chi connectivity index (χ0n) is 18.0. The van der Waals surface area contributed by atoms with Crippen molar-refractivity contribution in [1.29, 1.82) is 0 Å². The van der Waals surface area contributed by atoms with Gasteiger partial charge < -0.3 is 19.4 Å². The third-order valence-corrected chi connectivity index (χ3v) is 6.20. The van der Waals surface area contributed by atoms with Crippen molar-refractivity contribution in [3.05, 3.63) is 47.2 Å². The largest absolute Gasteiger partial charge is 0.354 e. The van der Waals surface area contributed by atoms with E-state index >= 15 is 0 Å². The minimum Gasteiger partial charge on any atom is -0.354 e. The predicted octanol–water partition coefficient (Wildman–Crippen LogP) is 4.65. The SMILES string of the molecule is CCc1c[nH]c2ncc(-c3cccc(N4CCCN(CC(OC)OC)C4=O)c3)c-2c1Cl. The first-order valence-electron chi connectivity index (χ1n) is 10.4.